The van der Waals surface area contributed by atoms with E-state index in [9.17, 15) is 0 Å². The summed E-state index contributed by atoms with van der Waals surface area (Å²) in [6.45, 7) is 3.22. The Morgan fingerprint density at radius 1 is 1.56 bits per heavy atom. The molecule has 0 saturated carbocycles. The lowest BCUT2D eigenvalue weighted by atomic mass is 10.4. The molecule has 0 aromatic carbocycles. The van der Waals surface area contributed by atoms with Crippen molar-refractivity contribution in [3.63, 3.8) is 0 Å². The Morgan fingerprint density at radius 2 is 2.19 bits per heavy atom. The summed E-state index contributed by atoms with van der Waals surface area (Å²) in [5.41, 5.74) is 1.20. The van der Waals surface area contributed by atoms with Crippen molar-refractivity contribution in [1.29, 1.82) is 0 Å². The van der Waals surface area contributed by atoms with E-state index in [4.69, 9.17) is 9.59 Å². The van der Waals surface area contributed by atoms with Crippen LogP contribution in [0.25, 0.3) is 0 Å². The molecule has 0 radical (unpaired) electrons. The Labute approximate surface area is 104 Å². The van der Waals surface area contributed by atoms with Gasteiger partial charge in [0.05, 0.1) is 5.69 Å². The Balaban J connectivity index is 0.000000673. The normalized spacial score (nSPS) is 8.94. The van der Waals surface area contributed by atoms with Crippen LogP contribution in [0.5, 0.6) is 0 Å². The molecule has 0 aliphatic carbocycles. The fourth-order valence-corrected chi connectivity index (χ4v) is 2.32. The molecule has 4 nitrogen and oxygen atoms in total. The van der Waals surface area contributed by atoms with Crippen LogP contribution in [0.2, 0.25) is 0 Å². The van der Waals surface area contributed by atoms with Crippen LogP contribution in [-0.2, 0) is 16.0 Å². The Bertz CT molecular complexity index is 322. The number of thiazole rings is 1. The minimum Gasteiger partial charge on any atom is -0.350 e. The van der Waals surface area contributed by atoms with Crippen molar-refractivity contribution in [3.8, 4) is 0 Å². The van der Waals surface area contributed by atoms with Gasteiger partial charge in [0, 0.05) is 24.7 Å². The van der Waals surface area contributed by atoms with Gasteiger partial charge < -0.3 is 4.90 Å². The molecule has 16 heavy (non-hydrogen) atoms. The SMILES string of the molecule is CCc1csc(N(C)CCSC)n1.O=C=O. The second kappa shape index (κ2) is 9.39. The second-order valence-corrected chi connectivity index (χ2v) is 4.79. The number of aromatic nitrogens is 1. The van der Waals surface area contributed by atoms with Gasteiger partial charge in [-0.25, -0.2) is 4.98 Å². The lowest BCUT2D eigenvalue weighted by molar-refractivity contribution is -0.191. The van der Waals surface area contributed by atoms with Crippen LogP contribution in [0, 0.1) is 0 Å². The number of carbonyl (C=O) groups excluding carboxylic acids is 2. The summed E-state index contributed by atoms with van der Waals surface area (Å²) in [7, 11) is 2.11. The van der Waals surface area contributed by atoms with Crippen LogP contribution in [0.1, 0.15) is 12.6 Å². The monoisotopic (exact) mass is 260 g/mol. The highest BCUT2D eigenvalue weighted by Gasteiger charge is 2.04. The van der Waals surface area contributed by atoms with E-state index in [1.165, 1.54) is 5.69 Å². The zero-order chi connectivity index (χ0) is 12.4. The van der Waals surface area contributed by atoms with Crippen LogP contribution < -0.4 is 4.90 Å². The van der Waals surface area contributed by atoms with Crippen molar-refractivity contribution in [3.05, 3.63) is 11.1 Å². The van der Waals surface area contributed by atoms with E-state index < -0.39 is 0 Å². The molecule has 0 amide bonds. The Morgan fingerprint density at radius 3 is 2.62 bits per heavy atom. The lowest BCUT2D eigenvalue weighted by Gasteiger charge is -2.14. The van der Waals surface area contributed by atoms with Gasteiger partial charge >= 0.3 is 6.15 Å². The van der Waals surface area contributed by atoms with Crippen LogP contribution in [0.4, 0.5) is 5.13 Å². The zero-order valence-electron chi connectivity index (χ0n) is 9.73. The second-order valence-electron chi connectivity index (χ2n) is 2.97. The van der Waals surface area contributed by atoms with E-state index in [0.29, 0.717) is 0 Å². The molecule has 1 heterocycles. The van der Waals surface area contributed by atoms with Crippen molar-refractivity contribution < 1.29 is 9.59 Å². The Kier molecular flexibility index (Phi) is 8.90. The third kappa shape index (κ3) is 5.90. The molecule has 0 aliphatic rings. The molecular formula is C10H16N2O2S2. The standard InChI is InChI=1S/C9H16N2S2.CO2/c1-4-8-7-13-9(10-8)11(2)5-6-12-3;2-1-3/h7H,4-6H2,1-3H3;. The molecule has 0 unspecified atom stereocenters. The lowest BCUT2D eigenvalue weighted by Crippen LogP contribution is -2.19. The molecule has 6 heteroatoms. The fourth-order valence-electron chi connectivity index (χ4n) is 0.958. The van der Waals surface area contributed by atoms with Crippen molar-refractivity contribution in [2.24, 2.45) is 0 Å². The largest absolute Gasteiger partial charge is 0.373 e. The van der Waals surface area contributed by atoms with Gasteiger partial charge in [0.25, 0.3) is 0 Å². The van der Waals surface area contributed by atoms with E-state index >= 15 is 0 Å². The Hall–Kier alpha value is -0.840. The summed E-state index contributed by atoms with van der Waals surface area (Å²) in [6.07, 6.45) is 3.42. The minimum atomic E-state index is 0.250. The van der Waals surface area contributed by atoms with Crippen molar-refractivity contribution >= 4 is 34.4 Å². The first-order valence-electron chi connectivity index (χ1n) is 4.83. The van der Waals surface area contributed by atoms with Gasteiger partial charge in [-0.2, -0.15) is 21.4 Å². The highest BCUT2D eigenvalue weighted by atomic mass is 32.2. The van der Waals surface area contributed by atoms with E-state index in [1.807, 2.05) is 11.8 Å². The van der Waals surface area contributed by atoms with E-state index in [-0.39, 0.29) is 6.15 Å². The summed E-state index contributed by atoms with van der Waals surface area (Å²) < 4.78 is 0. The van der Waals surface area contributed by atoms with Crippen molar-refractivity contribution in [1.82, 2.24) is 4.98 Å². The van der Waals surface area contributed by atoms with Crippen LogP contribution in [-0.4, -0.2) is 36.7 Å². The summed E-state index contributed by atoms with van der Waals surface area (Å²) >= 11 is 3.61. The first-order valence-corrected chi connectivity index (χ1v) is 7.10. The number of hydrogen-bond donors (Lipinski definition) is 0. The van der Waals surface area contributed by atoms with Gasteiger partial charge in [-0.3, -0.25) is 0 Å². The minimum absolute atomic E-state index is 0.250. The topological polar surface area (TPSA) is 50.3 Å². The number of thioether (sulfide) groups is 1. The summed E-state index contributed by atoms with van der Waals surface area (Å²) in [4.78, 5) is 23.0. The molecule has 1 rings (SSSR count). The summed E-state index contributed by atoms with van der Waals surface area (Å²) in [5.74, 6) is 1.16. The smallest absolute Gasteiger partial charge is 0.350 e. The quantitative estimate of drug-likeness (QED) is 0.809. The zero-order valence-corrected chi connectivity index (χ0v) is 11.4. The van der Waals surface area contributed by atoms with E-state index in [2.05, 4.69) is 35.5 Å². The molecule has 1 aromatic heterocycles. The van der Waals surface area contributed by atoms with Gasteiger partial charge in [-0.1, -0.05) is 6.92 Å². The number of hydrogen-bond acceptors (Lipinski definition) is 6. The number of aryl methyl sites for hydroxylation is 1. The van der Waals surface area contributed by atoms with E-state index in [0.717, 1.165) is 23.8 Å². The maximum absolute atomic E-state index is 8.12. The molecule has 0 fully saturated rings. The van der Waals surface area contributed by atoms with Gasteiger partial charge in [0.2, 0.25) is 0 Å². The predicted molar refractivity (Wildman–Crippen MR) is 68.2 cm³/mol. The summed E-state index contributed by atoms with van der Waals surface area (Å²) in [6, 6.07) is 0. The van der Waals surface area contributed by atoms with Crippen molar-refractivity contribution in [2.45, 2.75) is 13.3 Å². The number of anilines is 1. The van der Waals surface area contributed by atoms with Crippen LogP contribution in [0.3, 0.4) is 0 Å². The molecule has 0 aliphatic heterocycles. The van der Waals surface area contributed by atoms with Gasteiger partial charge in [0.1, 0.15) is 0 Å². The third-order valence-corrected chi connectivity index (χ3v) is 3.45. The molecule has 90 valence electrons. The molecule has 0 bridgehead atoms. The molecule has 0 saturated heterocycles. The van der Waals surface area contributed by atoms with E-state index in [1.54, 1.807) is 11.3 Å². The maximum atomic E-state index is 8.12. The highest BCUT2D eigenvalue weighted by Crippen LogP contribution is 2.19. The molecule has 0 N–H and O–H groups in total. The van der Waals surface area contributed by atoms with Crippen molar-refractivity contribution in [2.75, 3.05) is 30.5 Å². The number of rotatable bonds is 5. The number of nitrogens with zero attached hydrogens (tertiary/aromatic N) is 2. The fraction of sp³-hybridized carbons (Fsp3) is 0.600. The molecule has 0 spiro atoms. The first kappa shape index (κ1) is 15.2. The van der Waals surface area contributed by atoms with Gasteiger partial charge in [0.15, 0.2) is 5.13 Å². The molecule has 1 aromatic rings. The maximum Gasteiger partial charge on any atom is 0.373 e. The van der Waals surface area contributed by atoms with Crippen LogP contribution in [0.15, 0.2) is 5.38 Å². The van der Waals surface area contributed by atoms with Crippen LogP contribution >= 0.6 is 23.1 Å². The average Bonchev–Trinajstić information content (AvgIpc) is 2.75. The van der Waals surface area contributed by atoms with Gasteiger partial charge in [-0.15, -0.1) is 11.3 Å². The third-order valence-electron chi connectivity index (χ3n) is 1.86. The predicted octanol–water partition coefficient (Wildman–Crippen LogP) is 1.92. The average molecular weight is 260 g/mol. The summed E-state index contributed by atoms with van der Waals surface area (Å²) in [5, 5.41) is 3.29. The molecular weight excluding hydrogens is 244 g/mol. The van der Waals surface area contributed by atoms with Gasteiger partial charge in [-0.05, 0) is 12.7 Å². The highest BCUT2D eigenvalue weighted by molar-refractivity contribution is 7.98. The first-order chi connectivity index (χ1) is 7.69. The molecule has 0 atom stereocenters.